The predicted molar refractivity (Wildman–Crippen MR) is 65.3 cm³/mol. The number of carbonyl (C=O) groups is 1. The molecule has 1 N–H and O–H groups in total. The van der Waals surface area contributed by atoms with E-state index in [1.165, 1.54) is 38.5 Å². The molecule has 2 fully saturated rings. The number of hydrogen-bond acceptors (Lipinski definition) is 2. The van der Waals surface area contributed by atoms with Gasteiger partial charge < -0.3 is 10.2 Å². The van der Waals surface area contributed by atoms with Crippen molar-refractivity contribution in [1.82, 2.24) is 10.2 Å². The summed E-state index contributed by atoms with van der Waals surface area (Å²) in [6.45, 7) is 5.60. The van der Waals surface area contributed by atoms with Gasteiger partial charge in [-0.25, -0.2) is 0 Å². The number of nitrogens with zero attached hydrogens (tertiary/aromatic N) is 1. The second kappa shape index (κ2) is 4.74. The van der Waals surface area contributed by atoms with E-state index in [0.717, 1.165) is 13.1 Å². The van der Waals surface area contributed by atoms with Gasteiger partial charge in [-0.3, -0.25) is 4.79 Å². The number of hydrogen-bond donors (Lipinski definition) is 1. The summed E-state index contributed by atoms with van der Waals surface area (Å²) in [5.41, 5.74) is 0.367. The van der Waals surface area contributed by atoms with Crippen molar-refractivity contribution in [2.24, 2.45) is 0 Å². The molecule has 1 heterocycles. The van der Waals surface area contributed by atoms with Gasteiger partial charge in [0.2, 0.25) is 5.91 Å². The SMILES string of the molecule is CCN(C(C)=O)[C@H]1CNC2(CCCCC2)C1. The fourth-order valence-electron chi connectivity index (χ4n) is 3.50. The van der Waals surface area contributed by atoms with Gasteiger partial charge in [0.05, 0.1) is 0 Å². The molecular formula is C13H24N2O. The molecule has 0 unspecified atom stereocenters. The molecule has 16 heavy (non-hydrogen) atoms. The van der Waals surface area contributed by atoms with Crippen LogP contribution in [-0.2, 0) is 4.79 Å². The molecule has 1 atom stereocenters. The van der Waals surface area contributed by atoms with Gasteiger partial charge in [0.25, 0.3) is 0 Å². The van der Waals surface area contributed by atoms with Gasteiger partial charge in [-0.05, 0) is 26.2 Å². The Labute approximate surface area is 98.6 Å². The van der Waals surface area contributed by atoms with Crippen molar-refractivity contribution in [3.05, 3.63) is 0 Å². The van der Waals surface area contributed by atoms with Crippen LogP contribution in [0, 0.1) is 0 Å². The quantitative estimate of drug-likeness (QED) is 0.777. The van der Waals surface area contributed by atoms with Crippen LogP contribution in [0.1, 0.15) is 52.4 Å². The molecule has 1 saturated carbocycles. The Kier molecular flexibility index (Phi) is 3.53. The summed E-state index contributed by atoms with van der Waals surface area (Å²) in [6.07, 6.45) is 7.87. The average molecular weight is 224 g/mol. The highest BCUT2D eigenvalue weighted by molar-refractivity contribution is 5.73. The van der Waals surface area contributed by atoms with E-state index in [1.54, 1.807) is 6.92 Å². The monoisotopic (exact) mass is 224 g/mol. The van der Waals surface area contributed by atoms with Crippen LogP contribution >= 0.6 is 0 Å². The zero-order valence-electron chi connectivity index (χ0n) is 10.6. The Hall–Kier alpha value is -0.570. The van der Waals surface area contributed by atoms with E-state index in [0.29, 0.717) is 11.6 Å². The standard InChI is InChI=1S/C13H24N2O/c1-3-15(11(2)16)12-9-13(14-10-12)7-5-4-6-8-13/h12,14H,3-10H2,1-2H3/t12-/m1/s1. The second-order valence-electron chi connectivity index (χ2n) is 5.38. The van der Waals surface area contributed by atoms with Crippen LogP contribution in [0.15, 0.2) is 0 Å². The van der Waals surface area contributed by atoms with Crippen LogP contribution < -0.4 is 5.32 Å². The summed E-state index contributed by atoms with van der Waals surface area (Å²) in [5.74, 6) is 0.224. The smallest absolute Gasteiger partial charge is 0.219 e. The molecule has 3 heteroatoms. The first-order valence-electron chi connectivity index (χ1n) is 6.69. The van der Waals surface area contributed by atoms with Crippen LogP contribution in [0.25, 0.3) is 0 Å². The normalized spacial score (nSPS) is 28.2. The van der Waals surface area contributed by atoms with Crippen molar-refractivity contribution in [1.29, 1.82) is 0 Å². The molecule has 0 bridgehead atoms. The Bertz CT molecular complexity index is 259. The van der Waals surface area contributed by atoms with Crippen molar-refractivity contribution < 1.29 is 4.79 Å². The molecule has 0 aromatic heterocycles. The van der Waals surface area contributed by atoms with Crippen molar-refractivity contribution in [3.63, 3.8) is 0 Å². The van der Waals surface area contributed by atoms with Gasteiger partial charge >= 0.3 is 0 Å². The Morgan fingerprint density at radius 2 is 2.06 bits per heavy atom. The van der Waals surface area contributed by atoms with Crippen LogP contribution in [0.2, 0.25) is 0 Å². The summed E-state index contributed by atoms with van der Waals surface area (Å²) in [6, 6.07) is 0.431. The van der Waals surface area contributed by atoms with Crippen molar-refractivity contribution >= 4 is 5.91 Å². The highest BCUT2D eigenvalue weighted by Gasteiger charge is 2.41. The van der Waals surface area contributed by atoms with Gasteiger partial charge in [-0.2, -0.15) is 0 Å². The van der Waals surface area contributed by atoms with Gasteiger partial charge in [0, 0.05) is 31.6 Å². The number of likely N-dealkylation sites (N-methyl/N-ethyl adjacent to an activating group) is 1. The lowest BCUT2D eigenvalue weighted by Crippen LogP contribution is -2.41. The minimum atomic E-state index is 0.224. The minimum Gasteiger partial charge on any atom is -0.339 e. The van der Waals surface area contributed by atoms with Gasteiger partial charge in [0.15, 0.2) is 0 Å². The number of rotatable bonds is 2. The summed E-state index contributed by atoms with van der Waals surface area (Å²) >= 11 is 0. The molecule has 1 aliphatic heterocycles. The Balaban J connectivity index is 1.98. The maximum absolute atomic E-state index is 11.5. The topological polar surface area (TPSA) is 32.3 Å². The van der Waals surface area contributed by atoms with Crippen molar-refractivity contribution in [2.75, 3.05) is 13.1 Å². The fourth-order valence-corrected chi connectivity index (χ4v) is 3.50. The third kappa shape index (κ3) is 2.24. The minimum absolute atomic E-state index is 0.224. The third-order valence-electron chi connectivity index (χ3n) is 4.34. The summed E-state index contributed by atoms with van der Waals surface area (Å²) in [4.78, 5) is 13.6. The molecular weight excluding hydrogens is 200 g/mol. The van der Waals surface area contributed by atoms with Gasteiger partial charge in [0.1, 0.15) is 0 Å². The van der Waals surface area contributed by atoms with Crippen LogP contribution in [0.3, 0.4) is 0 Å². The maximum Gasteiger partial charge on any atom is 0.219 e. The molecule has 1 saturated heterocycles. The first-order valence-corrected chi connectivity index (χ1v) is 6.69. The molecule has 0 aromatic carbocycles. The second-order valence-corrected chi connectivity index (χ2v) is 5.38. The molecule has 1 aliphatic carbocycles. The Morgan fingerprint density at radius 3 is 2.62 bits per heavy atom. The fraction of sp³-hybridized carbons (Fsp3) is 0.923. The van der Waals surface area contributed by atoms with Gasteiger partial charge in [-0.1, -0.05) is 19.3 Å². The van der Waals surface area contributed by atoms with Crippen molar-refractivity contribution in [3.8, 4) is 0 Å². The summed E-state index contributed by atoms with van der Waals surface area (Å²) in [7, 11) is 0. The highest BCUT2D eigenvalue weighted by Crippen LogP contribution is 2.36. The Morgan fingerprint density at radius 1 is 1.38 bits per heavy atom. The third-order valence-corrected chi connectivity index (χ3v) is 4.34. The first kappa shape index (κ1) is 11.9. The number of nitrogens with one attached hydrogen (secondary N) is 1. The molecule has 1 spiro atoms. The molecule has 2 aliphatic rings. The van der Waals surface area contributed by atoms with Crippen LogP contribution in [0.5, 0.6) is 0 Å². The summed E-state index contributed by atoms with van der Waals surface area (Å²) in [5, 5.41) is 3.70. The van der Waals surface area contributed by atoms with Crippen LogP contribution in [-0.4, -0.2) is 35.5 Å². The zero-order valence-corrected chi connectivity index (χ0v) is 10.6. The predicted octanol–water partition coefficient (Wildman–Crippen LogP) is 1.92. The van der Waals surface area contributed by atoms with Gasteiger partial charge in [-0.15, -0.1) is 0 Å². The molecule has 0 aromatic rings. The van der Waals surface area contributed by atoms with E-state index in [2.05, 4.69) is 12.2 Å². The van der Waals surface area contributed by atoms with Crippen LogP contribution in [0.4, 0.5) is 0 Å². The number of amides is 1. The largest absolute Gasteiger partial charge is 0.339 e. The molecule has 92 valence electrons. The van der Waals surface area contributed by atoms with E-state index in [1.807, 2.05) is 4.90 Å². The molecule has 1 amide bonds. The molecule has 3 nitrogen and oxygen atoms in total. The first-order chi connectivity index (χ1) is 7.67. The summed E-state index contributed by atoms with van der Waals surface area (Å²) < 4.78 is 0. The zero-order chi connectivity index (χ0) is 11.6. The number of carbonyl (C=O) groups excluding carboxylic acids is 1. The molecule has 0 radical (unpaired) electrons. The van der Waals surface area contributed by atoms with E-state index < -0.39 is 0 Å². The van der Waals surface area contributed by atoms with E-state index in [9.17, 15) is 4.79 Å². The lowest BCUT2D eigenvalue weighted by molar-refractivity contribution is -0.130. The lowest BCUT2D eigenvalue weighted by atomic mass is 9.80. The van der Waals surface area contributed by atoms with E-state index in [-0.39, 0.29) is 5.91 Å². The highest BCUT2D eigenvalue weighted by atomic mass is 16.2. The average Bonchev–Trinajstić information content (AvgIpc) is 2.64. The molecule has 2 rings (SSSR count). The maximum atomic E-state index is 11.5. The van der Waals surface area contributed by atoms with Crippen molar-refractivity contribution in [2.45, 2.75) is 64.0 Å². The van der Waals surface area contributed by atoms with E-state index >= 15 is 0 Å². The van der Waals surface area contributed by atoms with E-state index in [4.69, 9.17) is 0 Å². The lowest BCUT2D eigenvalue weighted by Gasteiger charge is -2.34.